The Kier molecular flexibility index (Phi) is 6.70. The van der Waals surface area contributed by atoms with Crippen LogP contribution < -0.4 is 10.0 Å². The highest BCUT2D eigenvalue weighted by Crippen LogP contribution is 2.13. The highest BCUT2D eigenvalue weighted by molar-refractivity contribution is 7.88. The van der Waals surface area contributed by atoms with Gasteiger partial charge in [0.2, 0.25) is 10.0 Å². The van der Waals surface area contributed by atoms with Gasteiger partial charge in [-0.25, -0.2) is 17.5 Å². The molecule has 0 aliphatic rings. The molecule has 4 nitrogen and oxygen atoms in total. The number of rotatable bonds is 8. The van der Waals surface area contributed by atoms with Gasteiger partial charge in [0.25, 0.3) is 0 Å². The van der Waals surface area contributed by atoms with Crippen LogP contribution in [-0.4, -0.2) is 14.5 Å². The van der Waals surface area contributed by atoms with Crippen LogP contribution in [-0.2, 0) is 28.9 Å². The van der Waals surface area contributed by atoms with Gasteiger partial charge in [0, 0.05) is 19.1 Å². The van der Waals surface area contributed by atoms with E-state index in [1.807, 2.05) is 30.3 Å². The summed E-state index contributed by atoms with van der Waals surface area (Å²) in [6, 6.07) is 12.5. The molecule has 0 saturated carbocycles. The summed E-state index contributed by atoms with van der Waals surface area (Å²) in [6.07, 6.45) is 0. The third kappa shape index (κ3) is 6.23. The maximum atomic E-state index is 13.6. The van der Waals surface area contributed by atoms with E-state index in [9.17, 15) is 12.8 Å². The molecule has 6 heteroatoms. The third-order valence-electron chi connectivity index (χ3n) is 3.76. The van der Waals surface area contributed by atoms with Gasteiger partial charge in [0.1, 0.15) is 5.82 Å². The second kappa shape index (κ2) is 8.56. The lowest BCUT2D eigenvalue weighted by molar-refractivity contribution is 0.568. The third-order valence-corrected chi connectivity index (χ3v) is 5.28. The molecule has 2 N–H and O–H groups in total. The lowest BCUT2D eigenvalue weighted by Crippen LogP contribution is -2.31. The van der Waals surface area contributed by atoms with Crippen LogP contribution >= 0.6 is 0 Å². The second-order valence-corrected chi connectivity index (χ2v) is 8.24. The fraction of sp³-hybridized carbons (Fsp3) is 0.368. The van der Waals surface area contributed by atoms with Crippen LogP contribution in [0.15, 0.2) is 42.5 Å². The number of benzene rings is 2. The average Bonchev–Trinajstić information content (AvgIpc) is 2.51. The first-order valence-corrected chi connectivity index (χ1v) is 9.94. The van der Waals surface area contributed by atoms with E-state index in [-0.39, 0.29) is 17.6 Å². The van der Waals surface area contributed by atoms with E-state index < -0.39 is 10.0 Å². The minimum atomic E-state index is -3.37. The van der Waals surface area contributed by atoms with Crippen LogP contribution in [0.3, 0.4) is 0 Å². The normalized spacial score (nSPS) is 11.9. The van der Waals surface area contributed by atoms with Crippen molar-refractivity contribution in [2.75, 3.05) is 0 Å². The highest BCUT2D eigenvalue weighted by atomic mass is 32.2. The van der Waals surface area contributed by atoms with Crippen molar-refractivity contribution in [2.45, 2.75) is 45.7 Å². The van der Waals surface area contributed by atoms with Crippen molar-refractivity contribution >= 4 is 10.0 Å². The fourth-order valence-electron chi connectivity index (χ4n) is 2.56. The molecule has 0 aromatic heterocycles. The van der Waals surface area contributed by atoms with Gasteiger partial charge in [-0.05, 0) is 49.1 Å². The summed E-state index contributed by atoms with van der Waals surface area (Å²) in [5.41, 5.74) is 3.16. The molecule has 0 aliphatic heterocycles. The zero-order valence-corrected chi connectivity index (χ0v) is 15.7. The number of halogens is 1. The molecule has 0 fully saturated rings. The maximum absolute atomic E-state index is 13.6. The zero-order chi connectivity index (χ0) is 18.4. The number of hydrogen-bond acceptors (Lipinski definition) is 3. The van der Waals surface area contributed by atoms with Crippen LogP contribution in [0.4, 0.5) is 4.39 Å². The van der Waals surface area contributed by atoms with Crippen LogP contribution in [0.5, 0.6) is 0 Å². The molecule has 2 aromatic rings. The predicted octanol–water partition coefficient (Wildman–Crippen LogP) is 3.25. The minimum absolute atomic E-state index is 0.0534. The fourth-order valence-corrected chi connectivity index (χ4v) is 4.06. The van der Waals surface area contributed by atoms with E-state index in [0.717, 1.165) is 16.7 Å². The van der Waals surface area contributed by atoms with Gasteiger partial charge in [-0.3, -0.25) is 0 Å². The van der Waals surface area contributed by atoms with Gasteiger partial charge < -0.3 is 5.32 Å². The number of hydrogen-bond donors (Lipinski definition) is 2. The zero-order valence-electron chi connectivity index (χ0n) is 14.8. The molecule has 0 unspecified atom stereocenters. The van der Waals surface area contributed by atoms with Crippen molar-refractivity contribution in [2.24, 2.45) is 0 Å². The van der Waals surface area contributed by atoms with Crippen LogP contribution in [0.2, 0.25) is 0 Å². The summed E-state index contributed by atoms with van der Waals surface area (Å²) in [6.45, 7) is 6.36. The van der Waals surface area contributed by atoms with Crippen LogP contribution in [0, 0.1) is 12.7 Å². The highest BCUT2D eigenvalue weighted by Gasteiger charge is 2.15. The van der Waals surface area contributed by atoms with Gasteiger partial charge in [-0.1, -0.05) is 36.4 Å². The van der Waals surface area contributed by atoms with Crippen molar-refractivity contribution in [1.82, 2.24) is 10.0 Å². The van der Waals surface area contributed by atoms with Crippen molar-refractivity contribution < 1.29 is 12.8 Å². The molecular weight excluding hydrogens is 339 g/mol. The summed E-state index contributed by atoms with van der Waals surface area (Å²) < 4.78 is 40.5. The van der Waals surface area contributed by atoms with E-state index in [1.165, 1.54) is 6.07 Å². The second-order valence-electron chi connectivity index (χ2n) is 6.49. The molecule has 0 bridgehead atoms. The van der Waals surface area contributed by atoms with Gasteiger partial charge in [0.05, 0.1) is 5.75 Å². The SMILES string of the molecule is Cc1ccc(CNCc2ccccc2CS(=O)(=O)NC(C)C)cc1F. The lowest BCUT2D eigenvalue weighted by Gasteiger charge is -2.13. The molecule has 0 saturated heterocycles. The number of aryl methyl sites for hydroxylation is 1. The molecule has 0 atom stereocenters. The predicted molar refractivity (Wildman–Crippen MR) is 99.0 cm³/mol. The molecular formula is C19H25FN2O2S. The average molecular weight is 364 g/mol. The van der Waals surface area contributed by atoms with Crippen molar-refractivity contribution in [1.29, 1.82) is 0 Å². The van der Waals surface area contributed by atoms with Gasteiger partial charge in [0.15, 0.2) is 0 Å². The quantitative estimate of drug-likeness (QED) is 0.756. The Labute approximate surface area is 149 Å². The summed E-state index contributed by atoms with van der Waals surface area (Å²) in [5.74, 6) is -0.270. The Bertz CT molecular complexity index is 820. The number of nitrogens with one attached hydrogen (secondary N) is 2. The first kappa shape index (κ1) is 19.6. The minimum Gasteiger partial charge on any atom is -0.309 e. The molecule has 2 rings (SSSR count). The standard InChI is InChI=1S/C19H25FN2O2S/c1-14(2)22-25(23,24)13-18-7-5-4-6-17(18)12-21-11-16-9-8-15(3)19(20)10-16/h4-10,14,21-22H,11-13H2,1-3H3. The van der Waals surface area contributed by atoms with E-state index in [2.05, 4.69) is 10.0 Å². The topological polar surface area (TPSA) is 58.2 Å². The van der Waals surface area contributed by atoms with Crippen LogP contribution in [0.1, 0.15) is 36.1 Å². The molecule has 2 aromatic carbocycles. The summed E-state index contributed by atoms with van der Waals surface area (Å²) in [4.78, 5) is 0. The lowest BCUT2D eigenvalue weighted by atomic mass is 10.1. The smallest absolute Gasteiger partial charge is 0.216 e. The number of sulfonamides is 1. The molecule has 0 radical (unpaired) electrons. The summed E-state index contributed by atoms with van der Waals surface area (Å²) >= 11 is 0. The van der Waals surface area contributed by atoms with Crippen LogP contribution in [0.25, 0.3) is 0 Å². The Morgan fingerprint density at radius 1 is 1.04 bits per heavy atom. The first-order chi connectivity index (χ1) is 11.8. The van der Waals surface area contributed by atoms with Gasteiger partial charge in [-0.15, -0.1) is 0 Å². The molecule has 25 heavy (non-hydrogen) atoms. The molecule has 0 heterocycles. The Hall–Kier alpha value is -1.76. The Balaban J connectivity index is 2.01. The maximum Gasteiger partial charge on any atom is 0.216 e. The van der Waals surface area contributed by atoms with E-state index >= 15 is 0 Å². The summed E-state index contributed by atoms with van der Waals surface area (Å²) in [7, 11) is -3.37. The Morgan fingerprint density at radius 2 is 1.72 bits per heavy atom. The van der Waals surface area contributed by atoms with Gasteiger partial charge >= 0.3 is 0 Å². The largest absolute Gasteiger partial charge is 0.309 e. The van der Waals surface area contributed by atoms with Crippen molar-refractivity contribution in [3.05, 3.63) is 70.5 Å². The monoisotopic (exact) mass is 364 g/mol. The van der Waals surface area contributed by atoms with Gasteiger partial charge in [-0.2, -0.15) is 0 Å². The summed E-state index contributed by atoms with van der Waals surface area (Å²) in [5, 5.41) is 3.25. The Morgan fingerprint density at radius 3 is 2.36 bits per heavy atom. The molecule has 0 spiro atoms. The van der Waals surface area contributed by atoms with E-state index in [0.29, 0.717) is 18.7 Å². The van der Waals surface area contributed by atoms with Crippen molar-refractivity contribution in [3.63, 3.8) is 0 Å². The molecule has 136 valence electrons. The van der Waals surface area contributed by atoms with E-state index in [1.54, 1.807) is 26.8 Å². The first-order valence-electron chi connectivity index (χ1n) is 8.29. The van der Waals surface area contributed by atoms with Crippen molar-refractivity contribution in [3.8, 4) is 0 Å². The van der Waals surface area contributed by atoms with E-state index in [4.69, 9.17) is 0 Å². The molecule has 0 aliphatic carbocycles. The molecule has 0 amide bonds.